The normalized spacial score (nSPS) is 16.7. The van der Waals surface area contributed by atoms with E-state index in [1.165, 1.54) is 6.07 Å². The minimum absolute atomic E-state index is 0.00597. The molecule has 0 radical (unpaired) electrons. The maximum absolute atomic E-state index is 13.3. The molecule has 16 heavy (non-hydrogen) atoms. The van der Waals surface area contributed by atoms with Crippen LogP contribution in [0, 0.1) is 5.82 Å². The van der Waals surface area contributed by atoms with Gasteiger partial charge < -0.3 is 0 Å². The van der Waals surface area contributed by atoms with Gasteiger partial charge in [-0.3, -0.25) is 19.8 Å². The van der Waals surface area contributed by atoms with Gasteiger partial charge in [-0.2, -0.15) is 0 Å². The van der Waals surface area contributed by atoms with Gasteiger partial charge in [-0.15, -0.1) is 0 Å². The number of carbonyl (C=O) groups is 2. The number of imide groups is 1. The van der Waals surface area contributed by atoms with Gasteiger partial charge in [0, 0.05) is 5.56 Å². The van der Waals surface area contributed by atoms with Gasteiger partial charge in [0.25, 0.3) is 0 Å². The molecule has 2 rings (SSSR count). The Bertz CT molecular complexity index is 418. The Morgan fingerprint density at radius 3 is 2.44 bits per heavy atom. The number of nitrogens with zero attached hydrogens (tertiary/aromatic N) is 1. The van der Waals surface area contributed by atoms with Crippen molar-refractivity contribution >= 4 is 11.8 Å². The lowest BCUT2D eigenvalue weighted by molar-refractivity contribution is -0.147. The zero-order chi connectivity index (χ0) is 11.5. The van der Waals surface area contributed by atoms with Crippen molar-refractivity contribution in [1.29, 1.82) is 0 Å². The summed E-state index contributed by atoms with van der Waals surface area (Å²) in [6.07, 6.45) is 0. The van der Waals surface area contributed by atoms with E-state index in [2.05, 4.69) is 5.32 Å². The van der Waals surface area contributed by atoms with Gasteiger partial charge in [0.15, 0.2) is 0 Å². The minimum Gasteiger partial charge on any atom is -0.300 e. The van der Waals surface area contributed by atoms with Crippen LogP contribution in [0.1, 0.15) is 5.56 Å². The summed E-state index contributed by atoms with van der Waals surface area (Å²) in [4.78, 5) is 24.0. The highest BCUT2D eigenvalue weighted by atomic mass is 19.1. The van der Waals surface area contributed by atoms with Crippen molar-refractivity contribution in [1.82, 2.24) is 10.2 Å². The van der Waals surface area contributed by atoms with Crippen LogP contribution in [0.2, 0.25) is 0 Å². The summed E-state index contributed by atoms with van der Waals surface area (Å²) in [7, 11) is 0. The predicted molar refractivity (Wildman–Crippen MR) is 54.8 cm³/mol. The molecule has 0 unspecified atom stereocenters. The molecule has 0 aliphatic carbocycles. The molecular formula is C11H11FN2O2. The molecule has 1 N–H and O–H groups in total. The van der Waals surface area contributed by atoms with E-state index in [-0.39, 0.29) is 31.4 Å². The molecule has 1 aliphatic heterocycles. The van der Waals surface area contributed by atoms with Crippen molar-refractivity contribution in [3.8, 4) is 0 Å². The molecule has 0 spiro atoms. The van der Waals surface area contributed by atoms with E-state index < -0.39 is 5.82 Å². The molecule has 1 aromatic rings. The van der Waals surface area contributed by atoms with Gasteiger partial charge in [-0.05, 0) is 6.07 Å². The van der Waals surface area contributed by atoms with Crippen LogP contribution in [0.25, 0.3) is 0 Å². The zero-order valence-electron chi connectivity index (χ0n) is 8.57. The fraction of sp³-hybridized carbons (Fsp3) is 0.273. The van der Waals surface area contributed by atoms with Gasteiger partial charge >= 0.3 is 0 Å². The number of carbonyl (C=O) groups excluding carboxylic acids is 2. The molecule has 4 nitrogen and oxygen atoms in total. The van der Waals surface area contributed by atoms with Crippen LogP contribution in [-0.2, 0) is 16.1 Å². The molecule has 1 saturated heterocycles. The maximum atomic E-state index is 13.3. The molecule has 1 aromatic carbocycles. The second-order valence-electron chi connectivity index (χ2n) is 3.57. The number of piperazine rings is 1. The molecule has 0 atom stereocenters. The molecule has 0 bridgehead atoms. The first kappa shape index (κ1) is 10.8. The van der Waals surface area contributed by atoms with Crippen molar-refractivity contribution in [3.05, 3.63) is 35.6 Å². The molecule has 0 aromatic heterocycles. The monoisotopic (exact) mass is 222 g/mol. The summed E-state index contributed by atoms with van der Waals surface area (Å²) >= 11 is 0. The molecule has 2 amide bonds. The van der Waals surface area contributed by atoms with Crippen LogP contribution in [0.15, 0.2) is 24.3 Å². The van der Waals surface area contributed by atoms with E-state index in [1.807, 2.05) is 0 Å². The Hall–Kier alpha value is -1.75. The summed E-state index contributed by atoms with van der Waals surface area (Å²) < 4.78 is 13.3. The number of nitrogens with one attached hydrogen (secondary N) is 1. The van der Waals surface area contributed by atoms with Crippen LogP contribution < -0.4 is 5.32 Å². The minimum atomic E-state index is -0.401. The first-order chi connectivity index (χ1) is 7.68. The first-order valence-electron chi connectivity index (χ1n) is 4.96. The highest BCUT2D eigenvalue weighted by Crippen LogP contribution is 2.11. The van der Waals surface area contributed by atoms with Crippen molar-refractivity contribution in [2.75, 3.05) is 13.1 Å². The Morgan fingerprint density at radius 1 is 1.19 bits per heavy atom. The first-order valence-corrected chi connectivity index (χ1v) is 4.96. The second kappa shape index (κ2) is 4.40. The molecule has 1 heterocycles. The van der Waals surface area contributed by atoms with Crippen molar-refractivity contribution in [2.24, 2.45) is 0 Å². The summed E-state index contributed by atoms with van der Waals surface area (Å²) in [6.45, 7) is 0.256. The van der Waals surface area contributed by atoms with Gasteiger partial charge in [-0.25, -0.2) is 4.39 Å². The van der Waals surface area contributed by atoms with E-state index in [0.29, 0.717) is 5.56 Å². The Balaban J connectivity index is 2.17. The lowest BCUT2D eigenvalue weighted by Crippen LogP contribution is -2.51. The van der Waals surface area contributed by atoms with E-state index in [4.69, 9.17) is 0 Å². The molecule has 0 saturated carbocycles. The average Bonchev–Trinajstić information content (AvgIpc) is 2.26. The van der Waals surface area contributed by atoms with Crippen LogP contribution in [0.5, 0.6) is 0 Å². The van der Waals surface area contributed by atoms with Crippen LogP contribution in [0.4, 0.5) is 4.39 Å². The maximum Gasteiger partial charge on any atom is 0.243 e. The van der Waals surface area contributed by atoms with E-state index >= 15 is 0 Å². The van der Waals surface area contributed by atoms with Crippen molar-refractivity contribution in [3.63, 3.8) is 0 Å². The highest BCUT2D eigenvalue weighted by molar-refractivity contribution is 5.99. The number of amides is 2. The largest absolute Gasteiger partial charge is 0.300 e. The van der Waals surface area contributed by atoms with Gasteiger partial charge in [0.2, 0.25) is 11.8 Å². The summed E-state index contributed by atoms with van der Waals surface area (Å²) in [5.74, 6) is -1.04. The summed E-state index contributed by atoms with van der Waals surface area (Å²) in [5.41, 5.74) is 0.353. The SMILES string of the molecule is O=C1CNCC(=O)N1Cc1ccccc1F. The second-order valence-corrected chi connectivity index (χ2v) is 3.57. The van der Waals surface area contributed by atoms with Gasteiger partial charge in [-0.1, -0.05) is 18.2 Å². The predicted octanol–water partition coefficient (Wildman–Crippen LogP) is 0.284. The molecular weight excluding hydrogens is 211 g/mol. The highest BCUT2D eigenvalue weighted by Gasteiger charge is 2.26. The van der Waals surface area contributed by atoms with Crippen molar-refractivity contribution in [2.45, 2.75) is 6.54 Å². The fourth-order valence-electron chi connectivity index (χ4n) is 1.58. The third kappa shape index (κ3) is 2.09. The quantitative estimate of drug-likeness (QED) is 0.731. The fourth-order valence-corrected chi connectivity index (χ4v) is 1.58. The average molecular weight is 222 g/mol. The van der Waals surface area contributed by atoms with E-state index in [9.17, 15) is 14.0 Å². The number of rotatable bonds is 2. The number of halogens is 1. The Kier molecular flexibility index (Phi) is 2.96. The van der Waals surface area contributed by atoms with Crippen LogP contribution in [0.3, 0.4) is 0 Å². The van der Waals surface area contributed by atoms with Gasteiger partial charge in [0.05, 0.1) is 19.6 Å². The third-order valence-electron chi connectivity index (χ3n) is 2.44. The molecule has 5 heteroatoms. The van der Waals surface area contributed by atoms with Crippen LogP contribution in [-0.4, -0.2) is 29.8 Å². The van der Waals surface area contributed by atoms with E-state index in [1.54, 1.807) is 18.2 Å². The lowest BCUT2D eigenvalue weighted by atomic mass is 10.2. The van der Waals surface area contributed by atoms with Gasteiger partial charge in [0.1, 0.15) is 5.82 Å². The third-order valence-corrected chi connectivity index (χ3v) is 2.44. The lowest BCUT2D eigenvalue weighted by Gasteiger charge is -2.25. The molecule has 1 aliphatic rings. The summed E-state index contributed by atoms with van der Waals surface area (Å²) in [5, 5.41) is 2.68. The van der Waals surface area contributed by atoms with E-state index in [0.717, 1.165) is 4.90 Å². The smallest absolute Gasteiger partial charge is 0.243 e. The number of benzene rings is 1. The molecule has 84 valence electrons. The zero-order valence-corrected chi connectivity index (χ0v) is 8.57. The Morgan fingerprint density at radius 2 is 1.81 bits per heavy atom. The number of hydrogen-bond donors (Lipinski definition) is 1. The topological polar surface area (TPSA) is 49.4 Å². The van der Waals surface area contributed by atoms with Crippen LogP contribution >= 0.6 is 0 Å². The summed E-state index contributed by atoms with van der Waals surface area (Å²) in [6, 6.07) is 6.13. The Labute approximate surface area is 92.0 Å². The number of hydrogen-bond acceptors (Lipinski definition) is 3. The van der Waals surface area contributed by atoms with Crippen molar-refractivity contribution < 1.29 is 14.0 Å². The standard InChI is InChI=1S/C11H11FN2O2/c12-9-4-2-1-3-8(9)7-14-10(15)5-13-6-11(14)16/h1-4,13H,5-7H2. The molecule has 1 fully saturated rings.